The van der Waals surface area contributed by atoms with Crippen LogP contribution in [0.5, 0.6) is 0 Å². The molecule has 1 fully saturated rings. The van der Waals surface area contributed by atoms with Gasteiger partial charge in [-0.2, -0.15) is 0 Å². The highest BCUT2D eigenvalue weighted by Gasteiger charge is 2.19. The Morgan fingerprint density at radius 3 is 2.31 bits per heavy atom. The van der Waals surface area contributed by atoms with E-state index < -0.39 is 0 Å². The first-order valence-electron chi connectivity index (χ1n) is 5.53. The average molecular weight is 238 g/mol. The minimum absolute atomic E-state index is 0.595. The van der Waals surface area contributed by atoms with Crippen molar-refractivity contribution >= 4 is 17.3 Å². The van der Waals surface area contributed by atoms with Crippen LogP contribution in [0.2, 0.25) is 5.02 Å². The monoisotopic (exact) mass is 237 g/mol. The van der Waals surface area contributed by atoms with E-state index in [0.29, 0.717) is 5.92 Å². The van der Waals surface area contributed by atoms with Gasteiger partial charge in [-0.25, -0.2) is 0 Å². The van der Waals surface area contributed by atoms with Gasteiger partial charge in [-0.1, -0.05) is 36.9 Å². The number of hydrogen-bond acceptors (Lipinski definition) is 3. The van der Waals surface area contributed by atoms with E-state index in [1.165, 1.54) is 37.7 Å². The van der Waals surface area contributed by atoms with Gasteiger partial charge in [-0.05, 0) is 36.5 Å². The zero-order valence-corrected chi connectivity index (χ0v) is 9.95. The van der Waals surface area contributed by atoms with Crippen LogP contribution in [0.4, 0.5) is 5.69 Å². The van der Waals surface area contributed by atoms with E-state index in [9.17, 15) is 0 Å². The maximum atomic E-state index is 6.18. The molecule has 3 nitrogen and oxygen atoms in total. The predicted octanol–water partition coefficient (Wildman–Crippen LogP) is 4.00. The molecule has 0 bridgehead atoms. The van der Waals surface area contributed by atoms with E-state index in [1.807, 2.05) is 18.2 Å². The van der Waals surface area contributed by atoms with Crippen LogP contribution in [0, 0.1) is 10.8 Å². The fraction of sp³-hybridized carbons (Fsp3) is 0.500. The van der Waals surface area contributed by atoms with Crippen LogP contribution in [0.25, 0.3) is 0 Å². The average Bonchev–Trinajstić information content (AvgIpc) is 2.33. The lowest BCUT2D eigenvalue weighted by molar-refractivity contribution is 0.444. The maximum Gasteiger partial charge on any atom is 0.0461 e. The molecule has 1 aromatic rings. The van der Waals surface area contributed by atoms with Crippen LogP contribution >= 0.6 is 11.6 Å². The van der Waals surface area contributed by atoms with E-state index in [2.05, 4.69) is 0 Å². The molecule has 2 rings (SSSR count). The molecule has 4 heteroatoms. The van der Waals surface area contributed by atoms with Crippen LogP contribution in [-0.2, 0) is 0 Å². The molecule has 0 heterocycles. The number of anilines is 1. The summed E-state index contributed by atoms with van der Waals surface area (Å²) < 4.78 is 0. The first-order valence-corrected chi connectivity index (χ1v) is 5.90. The summed E-state index contributed by atoms with van der Waals surface area (Å²) in [6.45, 7) is 0. The van der Waals surface area contributed by atoms with Gasteiger partial charge < -0.3 is 5.73 Å². The lowest BCUT2D eigenvalue weighted by atomic mass is 9.83. The zero-order valence-electron chi connectivity index (χ0n) is 9.19. The molecule has 1 aliphatic rings. The van der Waals surface area contributed by atoms with E-state index in [-0.39, 0.29) is 0 Å². The molecule has 0 aromatic heterocycles. The highest BCUT2D eigenvalue weighted by atomic mass is 35.5. The first-order chi connectivity index (χ1) is 7.79. The van der Waals surface area contributed by atoms with Gasteiger partial charge in [0.1, 0.15) is 0 Å². The second kappa shape index (κ2) is 6.34. The minimum atomic E-state index is 0.595. The van der Waals surface area contributed by atoms with Crippen molar-refractivity contribution in [2.45, 2.75) is 38.0 Å². The van der Waals surface area contributed by atoms with Gasteiger partial charge in [0, 0.05) is 21.5 Å². The van der Waals surface area contributed by atoms with Crippen molar-refractivity contribution in [2.24, 2.45) is 0 Å². The van der Waals surface area contributed by atoms with Crippen molar-refractivity contribution < 1.29 is 0 Å². The van der Waals surface area contributed by atoms with Crippen molar-refractivity contribution in [3.05, 3.63) is 28.8 Å². The third kappa shape index (κ3) is 2.86. The largest absolute Gasteiger partial charge is 0.398 e. The Morgan fingerprint density at radius 2 is 1.75 bits per heavy atom. The van der Waals surface area contributed by atoms with Crippen LogP contribution in [0.3, 0.4) is 0 Å². The number of benzene rings is 1. The Kier molecular flexibility index (Phi) is 5.07. The number of halogens is 1. The third-order valence-electron chi connectivity index (χ3n) is 3.10. The highest BCUT2D eigenvalue weighted by Crippen LogP contribution is 2.39. The molecule has 16 heavy (non-hydrogen) atoms. The molecule has 0 radical (unpaired) electrons. The van der Waals surface area contributed by atoms with Crippen molar-refractivity contribution in [3.63, 3.8) is 0 Å². The summed E-state index contributed by atoms with van der Waals surface area (Å²) in [5.74, 6) is 0.595. The quantitative estimate of drug-likeness (QED) is 0.593. The fourth-order valence-electron chi connectivity index (χ4n) is 2.38. The molecule has 0 atom stereocenters. The fourth-order valence-corrected chi connectivity index (χ4v) is 2.71. The number of rotatable bonds is 1. The molecular weight excluding hydrogens is 222 g/mol. The second-order valence-corrected chi connectivity index (χ2v) is 4.48. The number of hydrogen-bond donors (Lipinski definition) is 1. The van der Waals surface area contributed by atoms with E-state index >= 15 is 0 Å². The molecular formula is C12H16ClN3. The van der Waals surface area contributed by atoms with Crippen molar-refractivity contribution in [1.29, 1.82) is 10.8 Å². The summed E-state index contributed by atoms with van der Waals surface area (Å²) in [6.07, 6.45) is 6.48. The maximum absolute atomic E-state index is 6.18. The molecule has 0 aliphatic heterocycles. The minimum Gasteiger partial charge on any atom is -0.398 e. The van der Waals surface area contributed by atoms with Gasteiger partial charge in [0.2, 0.25) is 0 Å². The predicted molar refractivity (Wildman–Crippen MR) is 65.1 cm³/mol. The smallest absolute Gasteiger partial charge is 0.0461 e. The first kappa shape index (κ1) is 12.8. The Morgan fingerprint density at radius 1 is 1.12 bits per heavy atom. The molecule has 1 aromatic carbocycles. The number of nitrogens with two attached hydrogens (primary N) is 1. The molecule has 0 amide bonds. The standard InChI is InChI=1S/C12H16ClN.N2/c13-10-7-4-8-11(14)12(10)9-5-2-1-3-6-9;1-2/h4,7-9H,1-3,5-6,14H2;. The molecule has 0 unspecified atom stereocenters. The Labute approximate surface area is 101 Å². The van der Waals surface area contributed by atoms with Gasteiger partial charge in [-0.3, -0.25) is 0 Å². The summed E-state index contributed by atoms with van der Waals surface area (Å²) in [6, 6.07) is 5.82. The molecule has 1 saturated carbocycles. The van der Waals surface area contributed by atoms with Crippen molar-refractivity contribution in [2.75, 3.05) is 5.73 Å². The number of nitrogens with zero attached hydrogens (tertiary/aromatic N) is 2. The van der Waals surface area contributed by atoms with Gasteiger partial charge in [0.25, 0.3) is 0 Å². The molecule has 86 valence electrons. The van der Waals surface area contributed by atoms with E-state index in [0.717, 1.165) is 10.7 Å². The topological polar surface area (TPSA) is 73.6 Å². The van der Waals surface area contributed by atoms with E-state index in [4.69, 9.17) is 28.1 Å². The zero-order chi connectivity index (χ0) is 12.0. The van der Waals surface area contributed by atoms with E-state index in [1.54, 1.807) is 0 Å². The second-order valence-electron chi connectivity index (χ2n) is 4.08. The van der Waals surface area contributed by atoms with Gasteiger partial charge in [0.05, 0.1) is 0 Å². The summed E-state index contributed by atoms with van der Waals surface area (Å²) >= 11 is 6.18. The summed E-state index contributed by atoms with van der Waals surface area (Å²) in [5, 5.41) is 12.8. The highest BCUT2D eigenvalue weighted by molar-refractivity contribution is 6.31. The van der Waals surface area contributed by atoms with Crippen LogP contribution in [0.15, 0.2) is 18.2 Å². The number of nitrogen functional groups attached to an aromatic ring is 1. The Balaban J connectivity index is 0.000000606. The SMILES string of the molecule is N#N.Nc1cccc(Cl)c1C1CCCCC1. The third-order valence-corrected chi connectivity index (χ3v) is 3.43. The normalized spacial score (nSPS) is 16.2. The summed E-state index contributed by atoms with van der Waals surface area (Å²) in [4.78, 5) is 0. The van der Waals surface area contributed by atoms with Crippen molar-refractivity contribution in [3.8, 4) is 0 Å². The summed E-state index contributed by atoms with van der Waals surface area (Å²) in [7, 11) is 0. The van der Waals surface area contributed by atoms with Crippen LogP contribution in [-0.4, -0.2) is 0 Å². The van der Waals surface area contributed by atoms with Gasteiger partial charge >= 0.3 is 0 Å². The molecule has 2 N–H and O–H groups in total. The lowest BCUT2D eigenvalue weighted by Gasteiger charge is -2.24. The van der Waals surface area contributed by atoms with Crippen LogP contribution < -0.4 is 5.73 Å². The molecule has 0 spiro atoms. The molecule has 1 aliphatic carbocycles. The van der Waals surface area contributed by atoms with Gasteiger partial charge in [-0.15, -0.1) is 0 Å². The summed E-state index contributed by atoms with van der Waals surface area (Å²) in [5.41, 5.74) is 8.02. The molecule has 0 saturated heterocycles. The van der Waals surface area contributed by atoms with Crippen LogP contribution in [0.1, 0.15) is 43.6 Å². The lowest BCUT2D eigenvalue weighted by Crippen LogP contribution is -2.07. The van der Waals surface area contributed by atoms with Gasteiger partial charge in [0.15, 0.2) is 0 Å². The Hall–Kier alpha value is -1.27. The Bertz CT molecular complexity index is 336. The van der Waals surface area contributed by atoms with Crippen molar-refractivity contribution in [1.82, 2.24) is 0 Å².